The minimum Gasteiger partial charge on any atom is -0.477 e. The summed E-state index contributed by atoms with van der Waals surface area (Å²) in [6.07, 6.45) is 4.42. The third kappa shape index (κ3) is 5.69. The monoisotopic (exact) mass is 373 g/mol. The number of thiazole rings is 1. The zero-order valence-corrected chi connectivity index (χ0v) is 16.6. The van der Waals surface area contributed by atoms with Crippen molar-refractivity contribution in [3.05, 3.63) is 40.0 Å². The van der Waals surface area contributed by atoms with E-state index in [9.17, 15) is 0 Å². The highest BCUT2D eigenvalue weighted by atomic mass is 32.1. The Morgan fingerprint density at radius 2 is 2.27 bits per heavy atom. The quantitative estimate of drug-likeness (QED) is 0.568. The molecular weight excluding hydrogens is 346 g/mol. The number of pyridine rings is 1. The molecular formula is C19H27N5OS. The number of rotatable bonds is 8. The average molecular weight is 374 g/mol. The Bertz CT molecular complexity index is 724. The topological polar surface area (TPSA) is 62.6 Å². The van der Waals surface area contributed by atoms with Crippen LogP contribution in [0.25, 0.3) is 0 Å². The molecule has 0 amide bonds. The highest BCUT2D eigenvalue weighted by Crippen LogP contribution is 2.29. The van der Waals surface area contributed by atoms with Gasteiger partial charge < -0.3 is 15.0 Å². The molecule has 0 aromatic carbocycles. The Kier molecular flexibility index (Phi) is 6.44. The summed E-state index contributed by atoms with van der Waals surface area (Å²) < 4.78 is 5.68. The van der Waals surface area contributed by atoms with E-state index >= 15 is 0 Å². The van der Waals surface area contributed by atoms with E-state index in [-0.39, 0.29) is 0 Å². The number of nitrogens with zero attached hydrogens (tertiary/aromatic N) is 4. The third-order valence-electron chi connectivity index (χ3n) is 4.14. The number of aryl methyl sites for hydroxylation is 1. The summed E-state index contributed by atoms with van der Waals surface area (Å²) in [7, 11) is 2.03. The zero-order valence-electron chi connectivity index (χ0n) is 15.7. The van der Waals surface area contributed by atoms with Crippen LogP contribution in [-0.4, -0.2) is 41.0 Å². The Balaban J connectivity index is 1.56. The molecule has 140 valence electrons. The van der Waals surface area contributed by atoms with Crippen molar-refractivity contribution in [1.29, 1.82) is 0 Å². The molecule has 1 aliphatic rings. The van der Waals surface area contributed by atoms with Crippen molar-refractivity contribution in [3.63, 3.8) is 0 Å². The van der Waals surface area contributed by atoms with Gasteiger partial charge >= 0.3 is 0 Å². The van der Waals surface area contributed by atoms with Crippen LogP contribution in [0.4, 0.5) is 0 Å². The Morgan fingerprint density at radius 3 is 2.88 bits per heavy atom. The van der Waals surface area contributed by atoms with Crippen molar-refractivity contribution in [2.75, 3.05) is 20.2 Å². The largest absolute Gasteiger partial charge is 0.477 e. The molecule has 0 unspecified atom stereocenters. The molecule has 0 aliphatic heterocycles. The molecule has 0 radical (unpaired) electrons. The lowest BCUT2D eigenvalue weighted by Crippen LogP contribution is -2.38. The van der Waals surface area contributed by atoms with Crippen LogP contribution in [0.3, 0.4) is 0 Å². The first-order chi connectivity index (χ1) is 12.6. The van der Waals surface area contributed by atoms with Gasteiger partial charge in [-0.2, -0.15) is 0 Å². The van der Waals surface area contributed by atoms with Crippen LogP contribution < -0.4 is 10.1 Å². The van der Waals surface area contributed by atoms with E-state index in [0.717, 1.165) is 47.8 Å². The molecule has 2 aromatic heterocycles. The summed E-state index contributed by atoms with van der Waals surface area (Å²) in [4.78, 5) is 15.7. The van der Waals surface area contributed by atoms with E-state index in [0.29, 0.717) is 12.4 Å². The summed E-state index contributed by atoms with van der Waals surface area (Å²) in [5.41, 5.74) is 2.14. The number of guanidine groups is 1. The molecule has 2 aromatic rings. The SMILES string of the molecule is CCNC(=NCc1ccc(OCC2CC2)nc1)N(C)Cc1csc(C)n1. The number of hydrogen-bond donors (Lipinski definition) is 1. The second-order valence-electron chi connectivity index (χ2n) is 6.64. The van der Waals surface area contributed by atoms with Crippen molar-refractivity contribution in [1.82, 2.24) is 20.2 Å². The van der Waals surface area contributed by atoms with Gasteiger partial charge in [-0.15, -0.1) is 11.3 Å². The highest BCUT2D eigenvalue weighted by Gasteiger charge is 2.22. The third-order valence-corrected chi connectivity index (χ3v) is 4.96. The summed E-state index contributed by atoms with van der Waals surface area (Å²) in [5, 5.41) is 6.52. The Hall–Kier alpha value is -2.15. The fraction of sp³-hybridized carbons (Fsp3) is 0.526. The van der Waals surface area contributed by atoms with Gasteiger partial charge in [0.1, 0.15) is 0 Å². The maximum absolute atomic E-state index is 5.68. The molecule has 2 heterocycles. The van der Waals surface area contributed by atoms with Gasteiger partial charge in [-0.3, -0.25) is 0 Å². The van der Waals surface area contributed by atoms with Gasteiger partial charge in [0.2, 0.25) is 5.88 Å². The van der Waals surface area contributed by atoms with Crippen LogP contribution in [0.15, 0.2) is 28.7 Å². The molecule has 3 rings (SSSR count). The number of aromatic nitrogens is 2. The summed E-state index contributed by atoms with van der Waals surface area (Å²) in [6.45, 7) is 7.03. The van der Waals surface area contributed by atoms with E-state index in [1.165, 1.54) is 12.8 Å². The molecule has 26 heavy (non-hydrogen) atoms. The molecule has 0 bridgehead atoms. The zero-order chi connectivity index (χ0) is 18.4. The lowest BCUT2D eigenvalue weighted by atomic mass is 10.3. The van der Waals surface area contributed by atoms with E-state index in [1.54, 1.807) is 11.3 Å². The van der Waals surface area contributed by atoms with Crippen LogP contribution in [-0.2, 0) is 13.1 Å². The Morgan fingerprint density at radius 1 is 1.42 bits per heavy atom. The van der Waals surface area contributed by atoms with Gasteiger partial charge in [0.05, 0.1) is 30.4 Å². The molecule has 0 atom stereocenters. The van der Waals surface area contributed by atoms with Gasteiger partial charge in [0.25, 0.3) is 0 Å². The van der Waals surface area contributed by atoms with Gasteiger partial charge in [0, 0.05) is 31.2 Å². The first kappa shape index (κ1) is 18.6. The maximum Gasteiger partial charge on any atom is 0.213 e. The van der Waals surface area contributed by atoms with Crippen LogP contribution >= 0.6 is 11.3 Å². The van der Waals surface area contributed by atoms with Crippen molar-refractivity contribution in [3.8, 4) is 5.88 Å². The van der Waals surface area contributed by atoms with Gasteiger partial charge in [-0.05, 0) is 38.2 Å². The van der Waals surface area contributed by atoms with Crippen LogP contribution in [0.1, 0.15) is 36.0 Å². The standard InChI is InChI=1S/C19H27N5OS/c1-4-20-19(24(3)11-17-13-26-14(2)23-17)22-10-16-7-8-18(21-9-16)25-12-15-5-6-15/h7-9,13,15H,4-6,10-12H2,1-3H3,(H,20,22). The van der Waals surface area contributed by atoms with Crippen LogP contribution in [0.2, 0.25) is 0 Å². The lowest BCUT2D eigenvalue weighted by Gasteiger charge is -2.21. The average Bonchev–Trinajstić information content (AvgIpc) is 3.39. The number of hydrogen-bond acceptors (Lipinski definition) is 5. The fourth-order valence-corrected chi connectivity index (χ4v) is 3.12. The van der Waals surface area contributed by atoms with E-state index in [2.05, 4.69) is 32.5 Å². The molecule has 1 saturated carbocycles. The normalized spacial score (nSPS) is 14.3. The van der Waals surface area contributed by atoms with Crippen molar-refractivity contribution < 1.29 is 4.74 Å². The fourth-order valence-electron chi connectivity index (χ4n) is 2.51. The predicted molar refractivity (Wildman–Crippen MR) is 106 cm³/mol. The van der Waals surface area contributed by atoms with Gasteiger partial charge in [0.15, 0.2) is 5.96 Å². The second kappa shape index (κ2) is 8.98. The first-order valence-electron chi connectivity index (χ1n) is 9.12. The van der Waals surface area contributed by atoms with E-state index < -0.39 is 0 Å². The smallest absolute Gasteiger partial charge is 0.213 e. The van der Waals surface area contributed by atoms with E-state index in [4.69, 9.17) is 9.73 Å². The summed E-state index contributed by atoms with van der Waals surface area (Å²) >= 11 is 1.67. The molecule has 6 nitrogen and oxygen atoms in total. The first-order valence-corrected chi connectivity index (χ1v) is 10.00. The maximum atomic E-state index is 5.68. The molecule has 1 fully saturated rings. The molecule has 7 heteroatoms. The highest BCUT2D eigenvalue weighted by molar-refractivity contribution is 7.09. The van der Waals surface area contributed by atoms with Crippen molar-refractivity contribution in [2.24, 2.45) is 10.9 Å². The predicted octanol–water partition coefficient (Wildman–Crippen LogP) is 3.23. The minimum absolute atomic E-state index is 0.582. The number of nitrogens with one attached hydrogen (secondary N) is 1. The minimum atomic E-state index is 0.582. The van der Waals surface area contributed by atoms with Crippen LogP contribution in [0, 0.1) is 12.8 Å². The summed E-state index contributed by atoms with van der Waals surface area (Å²) in [5.74, 6) is 2.31. The number of aliphatic imine (C=N–C) groups is 1. The molecule has 1 N–H and O–H groups in total. The van der Waals surface area contributed by atoms with Crippen LogP contribution in [0.5, 0.6) is 5.88 Å². The lowest BCUT2D eigenvalue weighted by molar-refractivity contribution is 0.288. The molecule has 0 spiro atoms. The van der Waals surface area contributed by atoms with Gasteiger partial charge in [-0.1, -0.05) is 6.07 Å². The van der Waals surface area contributed by atoms with Crippen molar-refractivity contribution in [2.45, 2.75) is 39.8 Å². The summed E-state index contributed by atoms with van der Waals surface area (Å²) in [6, 6.07) is 3.97. The second-order valence-corrected chi connectivity index (χ2v) is 7.71. The molecule has 0 saturated heterocycles. The van der Waals surface area contributed by atoms with E-state index in [1.807, 2.05) is 32.3 Å². The number of ether oxygens (including phenoxy) is 1. The Labute approximate surface area is 159 Å². The van der Waals surface area contributed by atoms with Gasteiger partial charge in [-0.25, -0.2) is 15.0 Å². The molecule has 1 aliphatic carbocycles. The van der Waals surface area contributed by atoms with Crippen molar-refractivity contribution >= 4 is 17.3 Å².